The van der Waals surface area contributed by atoms with Crippen LogP contribution in [0.15, 0.2) is 42.5 Å². The van der Waals surface area contributed by atoms with Gasteiger partial charge >= 0.3 is 0 Å². The summed E-state index contributed by atoms with van der Waals surface area (Å²) < 4.78 is 11.0. The van der Waals surface area contributed by atoms with Gasteiger partial charge in [0.05, 0.1) is 0 Å². The number of nitrogens with one attached hydrogen (secondary N) is 2. The molecule has 2 aliphatic heterocycles. The van der Waals surface area contributed by atoms with E-state index in [1.807, 2.05) is 49.9 Å². The fourth-order valence-electron chi connectivity index (χ4n) is 3.92. The summed E-state index contributed by atoms with van der Waals surface area (Å²) in [7, 11) is 0. The topological polar surface area (TPSA) is 83.1 Å². The number of fused-ring (bicyclic) bond motifs is 1. The van der Waals surface area contributed by atoms with E-state index in [4.69, 9.17) is 21.7 Å². The standard InChI is InChI=1S/C25H30N4O4S/c1-25(2,3)23(31)29-12-10-28(11-13-29)19-7-5-18(6-8-19)26-24(34)27-22(30)17-4-9-20-21(16-17)33-15-14-32-20/h4-9,16H,10-15H2,1-3H3,(H2,26,27,30,34). The molecule has 2 N–H and O–H groups in total. The van der Waals surface area contributed by atoms with Gasteiger partial charge < -0.3 is 24.6 Å². The lowest BCUT2D eigenvalue weighted by Gasteiger charge is -2.38. The zero-order valence-electron chi connectivity index (χ0n) is 19.7. The molecule has 8 nitrogen and oxygen atoms in total. The molecule has 2 aromatic rings. The number of ether oxygens (including phenoxy) is 2. The molecule has 0 bridgehead atoms. The highest BCUT2D eigenvalue weighted by Gasteiger charge is 2.29. The number of nitrogens with zero attached hydrogens (tertiary/aromatic N) is 2. The maximum absolute atomic E-state index is 12.6. The molecule has 0 aliphatic carbocycles. The van der Waals surface area contributed by atoms with Crippen molar-refractivity contribution in [2.45, 2.75) is 20.8 Å². The van der Waals surface area contributed by atoms with Crippen LogP contribution in [0.2, 0.25) is 0 Å². The summed E-state index contributed by atoms with van der Waals surface area (Å²) in [5.41, 5.74) is 1.94. The fraction of sp³-hybridized carbons (Fsp3) is 0.400. The quantitative estimate of drug-likeness (QED) is 0.650. The highest BCUT2D eigenvalue weighted by atomic mass is 32.1. The van der Waals surface area contributed by atoms with Gasteiger partial charge in [0.2, 0.25) is 5.91 Å². The summed E-state index contributed by atoms with van der Waals surface area (Å²) in [6.07, 6.45) is 0. The highest BCUT2D eigenvalue weighted by molar-refractivity contribution is 7.80. The monoisotopic (exact) mass is 482 g/mol. The molecule has 2 amide bonds. The van der Waals surface area contributed by atoms with E-state index in [1.165, 1.54) is 0 Å². The van der Waals surface area contributed by atoms with Crippen molar-refractivity contribution in [3.05, 3.63) is 48.0 Å². The van der Waals surface area contributed by atoms with Crippen molar-refractivity contribution in [3.63, 3.8) is 0 Å². The smallest absolute Gasteiger partial charge is 0.257 e. The van der Waals surface area contributed by atoms with Gasteiger partial charge in [-0.3, -0.25) is 14.9 Å². The molecule has 0 atom stereocenters. The van der Waals surface area contributed by atoms with Crippen LogP contribution in [0.4, 0.5) is 11.4 Å². The molecule has 1 saturated heterocycles. The van der Waals surface area contributed by atoms with Crippen molar-refractivity contribution in [1.29, 1.82) is 0 Å². The first-order valence-corrected chi connectivity index (χ1v) is 11.8. The van der Waals surface area contributed by atoms with E-state index in [-0.39, 0.29) is 22.3 Å². The van der Waals surface area contributed by atoms with E-state index in [0.29, 0.717) is 43.4 Å². The Morgan fingerprint density at radius 3 is 2.21 bits per heavy atom. The van der Waals surface area contributed by atoms with Crippen LogP contribution in [0, 0.1) is 5.41 Å². The summed E-state index contributed by atoms with van der Waals surface area (Å²) in [5.74, 6) is 1.05. The predicted molar refractivity (Wildman–Crippen MR) is 136 cm³/mol. The largest absolute Gasteiger partial charge is 0.486 e. The number of thiocarbonyl (C=S) groups is 1. The Balaban J connectivity index is 1.29. The maximum atomic E-state index is 12.6. The van der Waals surface area contributed by atoms with E-state index < -0.39 is 0 Å². The molecule has 2 aromatic carbocycles. The first kappa shape index (κ1) is 23.8. The number of piperazine rings is 1. The molecule has 0 radical (unpaired) electrons. The fourth-order valence-corrected chi connectivity index (χ4v) is 4.13. The number of hydrogen-bond acceptors (Lipinski definition) is 6. The summed E-state index contributed by atoms with van der Waals surface area (Å²) >= 11 is 5.31. The zero-order chi connectivity index (χ0) is 24.3. The number of hydrogen-bond donors (Lipinski definition) is 2. The van der Waals surface area contributed by atoms with Crippen LogP contribution in [0.1, 0.15) is 31.1 Å². The van der Waals surface area contributed by atoms with E-state index in [9.17, 15) is 9.59 Å². The van der Waals surface area contributed by atoms with Crippen LogP contribution >= 0.6 is 12.2 Å². The lowest BCUT2D eigenvalue weighted by molar-refractivity contribution is -0.139. The minimum Gasteiger partial charge on any atom is -0.486 e. The Kier molecular flexibility index (Phi) is 6.92. The second kappa shape index (κ2) is 9.89. The van der Waals surface area contributed by atoms with Crippen LogP contribution in [0.25, 0.3) is 0 Å². The van der Waals surface area contributed by atoms with Gasteiger partial charge in [-0.15, -0.1) is 0 Å². The minimum absolute atomic E-state index is 0.193. The lowest BCUT2D eigenvalue weighted by Crippen LogP contribution is -2.51. The number of amides is 2. The van der Waals surface area contributed by atoms with Crippen molar-refractivity contribution in [1.82, 2.24) is 10.2 Å². The van der Waals surface area contributed by atoms with Crippen molar-refractivity contribution in [3.8, 4) is 11.5 Å². The molecular weight excluding hydrogens is 452 g/mol. The molecule has 180 valence electrons. The Morgan fingerprint density at radius 2 is 1.56 bits per heavy atom. The van der Waals surface area contributed by atoms with Gasteiger partial charge in [0, 0.05) is 48.5 Å². The van der Waals surface area contributed by atoms with E-state index in [2.05, 4.69) is 15.5 Å². The van der Waals surface area contributed by atoms with Gasteiger partial charge in [0.15, 0.2) is 16.6 Å². The normalized spacial score (nSPS) is 15.5. The third-order valence-corrected chi connectivity index (χ3v) is 5.93. The third-order valence-electron chi connectivity index (χ3n) is 5.73. The molecule has 9 heteroatoms. The molecule has 1 fully saturated rings. The molecule has 0 saturated carbocycles. The molecular formula is C25H30N4O4S. The second-order valence-corrected chi connectivity index (χ2v) is 9.75. The van der Waals surface area contributed by atoms with Crippen molar-refractivity contribution < 1.29 is 19.1 Å². The first-order chi connectivity index (χ1) is 16.2. The lowest BCUT2D eigenvalue weighted by atomic mass is 9.94. The molecule has 4 rings (SSSR count). The van der Waals surface area contributed by atoms with Crippen molar-refractivity contribution in [2.75, 3.05) is 49.6 Å². The second-order valence-electron chi connectivity index (χ2n) is 9.34. The molecule has 0 aromatic heterocycles. The Labute approximate surface area is 205 Å². The first-order valence-electron chi connectivity index (χ1n) is 11.4. The van der Waals surface area contributed by atoms with Gasteiger partial charge in [0.1, 0.15) is 13.2 Å². The van der Waals surface area contributed by atoms with E-state index in [0.717, 1.165) is 24.5 Å². The van der Waals surface area contributed by atoms with Crippen LogP contribution in [-0.4, -0.2) is 61.2 Å². The van der Waals surface area contributed by atoms with E-state index >= 15 is 0 Å². The van der Waals surface area contributed by atoms with Crippen LogP contribution in [0.5, 0.6) is 11.5 Å². The van der Waals surface area contributed by atoms with Gasteiger partial charge in [-0.25, -0.2) is 0 Å². The summed E-state index contributed by atoms with van der Waals surface area (Å²) in [6, 6.07) is 12.9. The summed E-state index contributed by atoms with van der Waals surface area (Å²) in [5, 5.41) is 5.95. The van der Waals surface area contributed by atoms with E-state index in [1.54, 1.807) is 18.2 Å². The number of anilines is 2. The number of carbonyl (C=O) groups excluding carboxylic acids is 2. The van der Waals surface area contributed by atoms with Crippen LogP contribution in [-0.2, 0) is 4.79 Å². The van der Waals surface area contributed by atoms with Gasteiger partial charge in [-0.1, -0.05) is 20.8 Å². The molecule has 0 unspecified atom stereocenters. The van der Waals surface area contributed by atoms with Gasteiger partial charge in [0.25, 0.3) is 5.91 Å². The zero-order valence-corrected chi connectivity index (χ0v) is 20.5. The Bertz CT molecular complexity index is 1070. The van der Waals surface area contributed by atoms with Crippen molar-refractivity contribution >= 4 is 40.5 Å². The Hall–Kier alpha value is -3.33. The molecule has 2 aliphatic rings. The SMILES string of the molecule is CC(C)(C)C(=O)N1CCN(c2ccc(NC(=S)NC(=O)c3ccc4c(c3)OCCO4)cc2)CC1. The minimum atomic E-state index is -0.356. The van der Waals surface area contributed by atoms with Crippen molar-refractivity contribution in [2.24, 2.45) is 5.41 Å². The highest BCUT2D eigenvalue weighted by Crippen LogP contribution is 2.30. The predicted octanol–water partition coefficient (Wildman–Crippen LogP) is 3.28. The molecule has 0 spiro atoms. The third kappa shape index (κ3) is 5.59. The Morgan fingerprint density at radius 1 is 0.912 bits per heavy atom. The summed E-state index contributed by atoms with van der Waals surface area (Å²) in [4.78, 5) is 29.2. The summed E-state index contributed by atoms with van der Waals surface area (Å²) in [6.45, 7) is 9.83. The van der Waals surface area contributed by atoms with Gasteiger partial charge in [-0.2, -0.15) is 0 Å². The number of benzene rings is 2. The average Bonchev–Trinajstić information content (AvgIpc) is 2.83. The molecule has 2 heterocycles. The van der Waals surface area contributed by atoms with Gasteiger partial charge in [-0.05, 0) is 54.7 Å². The van der Waals surface area contributed by atoms with Crippen LogP contribution in [0.3, 0.4) is 0 Å². The number of rotatable bonds is 3. The maximum Gasteiger partial charge on any atom is 0.257 e. The number of carbonyl (C=O) groups is 2. The molecule has 34 heavy (non-hydrogen) atoms. The van der Waals surface area contributed by atoms with Crippen LogP contribution < -0.4 is 25.0 Å². The average molecular weight is 483 g/mol.